The standard InChI is InChI=1S/C10H11IO2S2/c11-8-1-3-9(4-2-8)13-10(12)7(5-14)6-15/h1-4,7,14-15H,5-6H2. The largest absolute Gasteiger partial charge is 0.426 e. The molecule has 5 heteroatoms. The average molecular weight is 354 g/mol. The minimum atomic E-state index is -0.277. The molecule has 2 nitrogen and oxygen atoms in total. The molecule has 0 aliphatic rings. The summed E-state index contributed by atoms with van der Waals surface area (Å²) in [6, 6.07) is 7.32. The van der Waals surface area contributed by atoms with E-state index in [0.717, 1.165) is 3.57 Å². The van der Waals surface area contributed by atoms with Gasteiger partial charge in [-0.3, -0.25) is 4.79 Å². The molecule has 1 rings (SSSR count). The van der Waals surface area contributed by atoms with Crippen LogP contribution in [0.15, 0.2) is 24.3 Å². The van der Waals surface area contributed by atoms with Crippen molar-refractivity contribution >= 4 is 53.8 Å². The zero-order valence-electron chi connectivity index (χ0n) is 7.89. The summed E-state index contributed by atoms with van der Waals surface area (Å²) in [7, 11) is 0. The van der Waals surface area contributed by atoms with E-state index in [1.165, 1.54) is 0 Å². The summed E-state index contributed by atoms with van der Waals surface area (Å²) in [5.41, 5.74) is 0. The molecule has 0 amide bonds. The Kier molecular flexibility index (Phi) is 5.84. The number of thiol groups is 2. The van der Waals surface area contributed by atoms with Crippen molar-refractivity contribution in [1.29, 1.82) is 0 Å². The number of hydrogen-bond acceptors (Lipinski definition) is 4. The van der Waals surface area contributed by atoms with Crippen LogP contribution in [-0.2, 0) is 4.79 Å². The number of esters is 1. The van der Waals surface area contributed by atoms with Crippen LogP contribution in [0.2, 0.25) is 0 Å². The summed E-state index contributed by atoms with van der Waals surface area (Å²) in [4.78, 5) is 11.5. The smallest absolute Gasteiger partial charge is 0.315 e. The second kappa shape index (κ2) is 6.65. The third-order valence-electron chi connectivity index (χ3n) is 1.81. The first kappa shape index (κ1) is 13.2. The Hall–Kier alpha value is 0.120. The van der Waals surface area contributed by atoms with E-state index < -0.39 is 0 Å². The molecule has 0 unspecified atom stereocenters. The first-order valence-electron chi connectivity index (χ1n) is 4.36. The van der Waals surface area contributed by atoms with E-state index in [-0.39, 0.29) is 11.9 Å². The van der Waals surface area contributed by atoms with Gasteiger partial charge in [0, 0.05) is 15.1 Å². The van der Waals surface area contributed by atoms with Crippen molar-refractivity contribution in [3.8, 4) is 5.75 Å². The lowest BCUT2D eigenvalue weighted by molar-refractivity contribution is -0.137. The summed E-state index contributed by atoms with van der Waals surface area (Å²) in [5, 5.41) is 0. The Bertz CT molecular complexity index is 323. The molecule has 0 saturated carbocycles. The van der Waals surface area contributed by atoms with Gasteiger partial charge in [-0.2, -0.15) is 25.3 Å². The van der Waals surface area contributed by atoms with Gasteiger partial charge in [0.1, 0.15) is 5.75 Å². The van der Waals surface area contributed by atoms with Crippen molar-refractivity contribution in [2.75, 3.05) is 11.5 Å². The molecule has 0 bridgehead atoms. The maximum atomic E-state index is 11.5. The molecule has 82 valence electrons. The maximum absolute atomic E-state index is 11.5. The molecule has 0 radical (unpaired) electrons. The van der Waals surface area contributed by atoms with Crippen molar-refractivity contribution in [2.24, 2.45) is 5.92 Å². The molecular weight excluding hydrogens is 343 g/mol. The first-order valence-corrected chi connectivity index (χ1v) is 6.70. The van der Waals surface area contributed by atoms with Gasteiger partial charge in [0.2, 0.25) is 0 Å². The number of carbonyl (C=O) groups excluding carboxylic acids is 1. The number of halogens is 1. The topological polar surface area (TPSA) is 26.3 Å². The number of ether oxygens (including phenoxy) is 1. The minimum absolute atomic E-state index is 0.254. The first-order chi connectivity index (χ1) is 7.17. The van der Waals surface area contributed by atoms with Crippen LogP contribution in [0.5, 0.6) is 5.75 Å². The monoisotopic (exact) mass is 354 g/mol. The Morgan fingerprint density at radius 1 is 1.27 bits per heavy atom. The van der Waals surface area contributed by atoms with Crippen molar-refractivity contribution in [1.82, 2.24) is 0 Å². The highest BCUT2D eigenvalue weighted by Crippen LogP contribution is 2.15. The summed E-state index contributed by atoms with van der Waals surface area (Å²) >= 11 is 10.3. The van der Waals surface area contributed by atoms with Crippen LogP contribution in [0.3, 0.4) is 0 Å². The predicted molar refractivity (Wildman–Crippen MR) is 76.0 cm³/mol. The van der Waals surface area contributed by atoms with E-state index in [4.69, 9.17) is 4.74 Å². The number of benzene rings is 1. The summed E-state index contributed by atoms with van der Waals surface area (Å²) in [6.45, 7) is 0. The molecule has 0 aliphatic carbocycles. The van der Waals surface area contributed by atoms with Crippen LogP contribution in [-0.4, -0.2) is 17.5 Å². The van der Waals surface area contributed by atoms with E-state index in [9.17, 15) is 4.79 Å². The summed E-state index contributed by atoms with van der Waals surface area (Å²) in [6.07, 6.45) is 0. The second-order valence-corrected chi connectivity index (χ2v) is 4.91. The zero-order valence-corrected chi connectivity index (χ0v) is 11.8. The fourth-order valence-electron chi connectivity index (χ4n) is 0.909. The Morgan fingerprint density at radius 2 is 1.80 bits per heavy atom. The number of hydrogen-bond donors (Lipinski definition) is 2. The van der Waals surface area contributed by atoms with Crippen LogP contribution in [0, 0.1) is 9.49 Å². The lowest BCUT2D eigenvalue weighted by Gasteiger charge is -2.10. The summed E-state index contributed by atoms with van der Waals surface area (Å²) in [5.74, 6) is 0.936. The number of rotatable bonds is 4. The SMILES string of the molecule is O=C(Oc1ccc(I)cc1)C(CS)CS. The van der Waals surface area contributed by atoms with Crippen LogP contribution in [0.25, 0.3) is 0 Å². The van der Waals surface area contributed by atoms with Gasteiger partial charge in [-0.1, -0.05) is 0 Å². The minimum Gasteiger partial charge on any atom is -0.426 e. The molecule has 0 fully saturated rings. The molecule has 1 aromatic carbocycles. The van der Waals surface area contributed by atoms with Gasteiger partial charge in [-0.25, -0.2) is 0 Å². The molecule has 0 heterocycles. The van der Waals surface area contributed by atoms with Crippen LogP contribution in [0.4, 0.5) is 0 Å². The van der Waals surface area contributed by atoms with Crippen molar-refractivity contribution in [3.05, 3.63) is 27.8 Å². The molecule has 15 heavy (non-hydrogen) atoms. The maximum Gasteiger partial charge on any atom is 0.315 e. The van der Waals surface area contributed by atoms with Gasteiger partial charge >= 0.3 is 5.97 Å². The third kappa shape index (κ3) is 4.24. The molecule has 0 N–H and O–H groups in total. The van der Waals surface area contributed by atoms with E-state index in [2.05, 4.69) is 47.8 Å². The Balaban J connectivity index is 2.61. The van der Waals surface area contributed by atoms with Gasteiger partial charge in [-0.05, 0) is 46.9 Å². The van der Waals surface area contributed by atoms with Crippen LogP contribution < -0.4 is 4.74 Å². The van der Waals surface area contributed by atoms with Crippen LogP contribution >= 0.6 is 47.8 Å². The highest BCUT2D eigenvalue weighted by molar-refractivity contribution is 14.1. The lowest BCUT2D eigenvalue weighted by atomic mass is 10.2. The second-order valence-electron chi connectivity index (χ2n) is 2.94. The fourth-order valence-corrected chi connectivity index (χ4v) is 2.03. The molecule has 1 aromatic rings. The molecule has 0 aliphatic heterocycles. The molecule has 0 spiro atoms. The van der Waals surface area contributed by atoms with E-state index in [1.807, 2.05) is 12.1 Å². The van der Waals surface area contributed by atoms with Crippen molar-refractivity contribution < 1.29 is 9.53 Å². The molecule has 0 aromatic heterocycles. The molecule has 0 saturated heterocycles. The third-order valence-corrected chi connectivity index (χ3v) is 3.41. The average Bonchev–Trinajstić information content (AvgIpc) is 2.23. The molecular formula is C10H11IO2S2. The van der Waals surface area contributed by atoms with Crippen molar-refractivity contribution in [3.63, 3.8) is 0 Å². The van der Waals surface area contributed by atoms with E-state index in [1.54, 1.807) is 12.1 Å². The highest BCUT2D eigenvalue weighted by atomic mass is 127. The quantitative estimate of drug-likeness (QED) is 0.376. The van der Waals surface area contributed by atoms with Gasteiger partial charge < -0.3 is 4.74 Å². The van der Waals surface area contributed by atoms with Gasteiger partial charge in [0.15, 0.2) is 0 Å². The van der Waals surface area contributed by atoms with E-state index in [0.29, 0.717) is 17.3 Å². The normalized spacial score (nSPS) is 10.4. The summed E-state index contributed by atoms with van der Waals surface area (Å²) < 4.78 is 6.28. The zero-order chi connectivity index (χ0) is 11.3. The van der Waals surface area contributed by atoms with Gasteiger partial charge in [-0.15, -0.1) is 0 Å². The highest BCUT2D eigenvalue weighted by Gasteiger charge is 2.17. The number of carbonyl (C=O) groups is 1. The Morgan fingerprint density at radius 3 is 2.27 bits per heavy atom. The van der Waals surface area contributed by atoms with E-state index >= 15 is 0 Å². The lowest BCUT2D eigenvalue weighted by Crippen LogP contribution is -2.23. The predicted octanol–water partition coefficient (Wildman–Crippen LogP) is 2.67. The Labute approximate surface area is 114 Å². The molecule has 0 atom stereocenters. The van der Waals surface area contributed by atoms with Gasteiger partial charge in [0.25, 0.3) is 0 Å². The van der Waals surface area contributed by atoms with Crippen molar-refractivity contribution in [2.45, 2.75) is 0 Å². The van der Waals surface area contributed by atoms with Crippen LogP contribution in [0.1, 0.15) is 0 Å². The fraction of sp³-hybridized carbons (Fsp3) is 0.300. The van der Waals surface area contributed by atoms with Gasteiger partial charge in [0.05, 0.1) is 5.92 Å².